The molecule has 0 saturated carbocycles. The molecule has 1 rings (SSSR count). The lowest BCUT2D eigenvalue weighted by Gasteiger charge is -2.13. The molecule has 0 spiro atoms. The highest BCUT2D eigenvalue weighted by Gasteiger charge is 2.19. The van der Waals surface area contributed by atoms with Crippen molar-refractivity contribution < 1.29 is 13.2 Å². The zero-order valence-corrected chi connectivity index (χ0v) is 8.57. The van der Waals surface area contributed by atoms with Crippen LogP contribution in [0.4, 0.5) is 0 Å². The highest BCUT2D eigenvalue weighted by molar-refractivity contribution is 7.89. The second kappa shape index (κ2) is 4.34. The predicted octanol–water partition coefficient (Wildman–Crippen LogP) is 0.506. The maximum atomic E-state index is 11.7. The molecule has 0 atom stereocenters. The molecule has 0 radical (unpaired) electrons. The molecule has 0 aliphatic carbocycles. The van der Waals surface area contributed by atoms with Gasteiger partial charge in [0.15, 0.2) is 0 Å². The molecule has 0 heterocycles. The van der Waals surface area contributed by atoms with Crippen LogP contribution in [-0.2, 0) is 14.8 Å². The minimum atomic E-state index is -3.50. The van der Waals surface area contributed by atoms with E-state index in [9.17, 15) is 13.2 Å². The largest absolute Gasteiger partial charge is 0.302 e. The Kier molecular flexibility index (Phi) is 3.38. The Balaban J connectivity index is 3.03. The molecule has 0 aliphatic rings. The lowest BCUT2D eigenvalue weighted by atomic mass is 10.4. The van der Waals surface area contributed by atoms with Gasteiger partial charge in [0.05, 0.1) is 11.4 Å². The van der Waals surface area contributed by atoms with Gasteiger partial charge in [-0.1, -0.05) is 18.2 Å². The first-order valence-electron chi connectivity index (χ1n) is 4.04. The molecule has 0 fully saturated rings. The number of carbonyl (C=O) groups is 1. The van der Waals surface area contributed by atoms with E-state index in [1.54, 1.807) is 18.2 Å². The van der Waals surface area contributed by atoms with Crippen molar-refractivity contribution in [3.8, 4) is 0 Å². The molecule has 5 heteroatoms. The van der Waals surface area contributed by atoms with Crippen LogP contribution in [-0.4, -0.2) is 32.6 Å². The number of rotatable bonds is 4. The third-order valence-electron chi connectivity index (χ3n) is 1.78. The second-order valence-electron chi connectivity index (χ2n) is 2.77. The van der Waals surface area contributed by atoms with Crippen molar-refractivity contribution in [2.45, 2.75) is 4.90 Å². The zero-order chi connectivity index (χ0) is 10.6. The number of hydrogen-bond acceptors (Lipinski definition) is 3. The van der Waals surface area contributed by atoms with Crippen molar-refractivity contribution in [2.24, 2.45) is 0 Å². The quantitative estimate of drug-likeness (QED) is 0.685. The lowest BCUT2D eigenvalue weighted by Crippen LogP contribution is -2.28. The van der Waals surface area contributed by atoms with E-state index in [0.717, 1.165) is 4.31 Å². The molecule has 0 bridgehead atoms. The minimum absolute atomic E-state index is 0.128. The summed E-state index contributed by atoms with van der Waals surface area (Å²) in [5.74, 6) is 0. The molecule has 0 unspecified atom stereocenters. The van der Waals surface area contributed by atoms with Crippen molar-refractivity contribution in [2.75, 3.05) is 13.6 Å². The van der Waals surface area contributed by atoms with Gasteiger partial charge in [-0.3, -0.25) is 0 Å². The summed E-state index contributed by atoms with van der Waals surface area (Å²) in [5.41, 5.74) is 0. The van der Waals surface area contributed by atoms with Crippen LogP contribution in [0.25, 0.3) is 0 Å². The van der Waals surface area contributed by atoms with Gasteiger partial charge in [-0.2, -0.15) is 4.31 Å². The molecule has 0 aromatic heterocycles. The van der Waals surface area contributed by atoms with Crippen LogP contribution in [0.15, 0.2) is 35.2 Å². The van der Waals surface area contributed by atoms with Crippen LogP contribution < -0.4 is 0 Å². The molecule has 0 aliphatic heterocycles. The lowest BCUT2D eigenvalue weighted by molar-refractivity contribution is -0.107. The Bertz CT molecular complexity index is 399. The van der Waals surface area contributed by atoms with Crippen LogP contribution in [0.5, 0.6) is 0 Å². The fourth-order valence-corrected chi connectivity index (χ4v) is 2.09. The first kappa shape index (κ1) is 10.9. The highest BCUT2D eigenvalue weighted by Crippen LogP contribution is 2.12. The van der Waals surface area contributed by atoms with Crippen molar-refractivity contribution in [1.29, 1.82) is 0 Å². The van der Waals surface area contributed by atoms with Gasteiger partial charge in [-0.25, -0.2) is 8.42 Å². The maximum Gasteiger partial charge on any atom is 0.243 e. The number of sulfonamides is 1. The fourth-order valence-electron chi connectivity index (χ4n) is 0.975. The Morgan fingerprint density at radius 1 is 1.29 bits per heavy atom. The number of hydrogen-bond donors (Lipinski definition) is 0. The van der Waals surface area contributed by atoms with Crippen molar-refractivity contribution in [3.05, 3.63) is 30.3 Å². The van der Waals surface area contributed by atoms with Crippen LogP contribution >= 0.6 is 0 Å². The van der Waals surface area contributed by atoms with E-state index in [1.165, 1.54) is 19.2 Å². The standard InChI is InChI=1S/C9H11NO3S/c1-10(7-8-11)14(12,13)9-5-3-2-4-6-9/h2-6,8H,7H2,1H3. The van der Waals surface area contributed by atoms with Crippen LogP contribution in [0.3, 0.4) is 0 Å². The summed E-state index contributed by atoms with van der Waals surface area (Å²) in [6, 6.07) is 8.01. The molecular formula is C9H11NO3S. The first-order chi connectivity index (χ1) is 6.59. The smallest absolute Gasteiger partial charge is 0.243 e. The molecule has 1 aromatic rings. The van der Waals surface area contributed by atoms with Crippen LogP contribution in [0.2, 0.25) is 0 Å². The van der Waals surface area contributed by atoms with Crippen LogP contribution in [0, 0.1) is 0 Å². The van der Waals surface area contributed by atoms with E-state index in [4.69, 9.17) is 0 Å². The van der Waals surface area contributed by atoms with E-state index in [2.05, 4.69) is 0 Å². The molecule has 1 aromatic carbocycles. The Hall–Kier alpha value is -1.20. The zero-order valence-electron chi connectivity index (χ0n) is 7.75. The van der Waals surface area contributed by atoms with E-state index < -0.39 is 10.0 Å². The summed E-state index contributed by atoms with van der Waals surface area (Å²) < 4.78 is 24.4. The number of benzene rings is 1. The molecular weight excluding hydrogens is 202 g/mol. The number of nitrogens with zero attached hydrogens (tertiary/aromatic N) is 1. The number of likely N-dealkylation sites (N-methyl/N-ethyl adjacent to an activating group) is 1. The Labute approximate surface area is 83.2 Å². The van der Waals surface area contributed by atoms with Crippen LogP contribution in [0.1, 0.15) is 0 Å². The van der Waals surface area contributed by atoms with Gasteiger partial charge in [0.25, 0.3) is 0 Å². The van der Waals surface area contributed by atoms with Crippen molar-refractivity contribution in [1.82, 2.24) is 4.31 Å². The summed E-state index contributed by atoms with van der Waals surface area (Å²) in [4.78, 5) is 10.4. The van der Waals surface area contributed by atoms with Gasteiger partial charge in [0, 0.05) is 7.05 Å². The molecule has 0 N–H and O–H groups in total. The second-order valence-corrected chi connectivity index (χ2v) is 4.81. The minimum Gasteiger partial charge on any atom is -0.302 e. The van der Waals surface area contributed by atoms with E-state index in [1.807, 2.05) is 0 Å². The predicted molar refractivity (Wildman–Crippen MR) is 52.3 cm³/mol. The maximum absolute atomic E-state index is 11.7. The van der Waals surface area contributed by atoms with Gasteiger partial charge in [0.1, 0.15) is 6.29 Å². The SMILES string of the molecule is CN(CC=O)S(=O)(=O)c1ccccc1. The molecule has 14 heavy (non-hydrogen) atoms. The number of carbonyl (C=O) groups excluding carboxylic acids is 1. The van der Waals surface area contributed by atoms with E-state index >= 15 is 0 Å². The third-order valence-corrected chi connectivity index (χ3v) is 3.62. The molecule has 76 valence electrons. The summed E-state index contributed by atoms with van der Waals surface area (Å²) in [7, 11) is -2.13. The Morgan fingerprint density at radius 3 is 2.36 bits per heavy atom. The average Bonchev–Trinajstić information content (AvgIpc) is 2.19. The van der Waals surface area contributed by atoms with Gasteiger partial charge in [-0.15, -0.1) is 0 Å². The summed E-state index contributed by atoms with van der Waals surface area (Å²) in [5, 5.41) is 0. The van der Waals surface area contributed by atoms with Gasteiger partial charge in [0.2, 0.25) is 10.0 Å². The monoisotopic (exact) mass is 213 g/mol. The third kappa shape index (κ3) is 2.18. The number of aldehydes is 1. The molecule has 4 nitrogen and oxygen atoms in total. The molecule has 0 amide bonds. The van der Waals surface area contributed by atoms with E-state index in [0.29, 0.717) is 6.29 Å². The Morgan fingerprint density at radius 2 is 1.86 bits per heavy atom. The highest BCUT2D eigenvalue weighted by atomic mass is 32.2. The average molecular weight is 213 g/mol. The van der Waals surface area contributed by atoms with Gasteiger partial charge >= 0.3 is 0 Å². The normalized spacial score (nSPS) is 11.6. The summed E-state index contributed by atoms with van der Waals surface area (Å²) in [6.07, 6.45) is 0.556. The summed E-state index contributed by atoms with van der Waals surface area (Å²) >= 11 is 0. The van der Waals surface area contributed by atoms with Gasteiger partial charge < -0.3 is 4.79 Å². The topological polar surface area (TPSA) is 54.5 Å². The first-order valence-corrected chi connectivity index (χ1v) is 5.48. The summed E-state index contributed by atoms with van der Waals surface area (Å²) in [6.45, 7) is -0.128. The van der Waals surface area contributed by atoms with Gasteiger partial charge in [-0.05, 0) is 12.1 Å². The van der Waals surface area contributed by atoms with Crippen molar-refractivity contribution in [3.63, 3.8) is 0 Å². The van der Waals surface area contributed by atoms with E-state index in [-0.39, 0.29) is 11.4 Å². The fraction of sp³-hybridized carbons (Fsp3) is 0.222. The molecule has 0 saturated heterocycles. The van der Waals surface area contributed by atoms with Crippen molar-refractivity contribution >= 4 is 16.3 Å².